The maximum Gasteiger partial charge on any atom is 0.258 e. The van der Waals surface area contributed by atoms with Gasteiger partial charge >= 0.3 is 0 Å². The number of amides is 2. The highest BCUT2D eigenvalue weighted by Gasteiger charge is 2.31. The van der Waals surface area contributed by atoms with E-state index < -0.39 is 0 Å². The van der Waals surface area contributed by atoms with Crippen LogP contribution in [0.5, 0.6) is 0 Å². The van der Waals surface area contributed by atoms with Gasteiger partial charge in [0.1, 0.15) is 6.54 Å². The summed E-state index contributed by atoms with van der Waals surface area (Å²) in [6.45, 7) is 4.16. The van der Waals surface area contributed by atoms with E-state index in [-0.39, 0.29) is 24.5 Å². The van der Waals surface area contributed by atoms with Crippen LogP contribution in [0.2, 0.25) is 0 Å². The lowest BCUT2D eigenvalue weighted by molar-refractivity contribution is -0.122. The molecule has 0 aliphatic carbocycles. The van der Waals surface area contributed by atoms with Crippen molar-refractivity contribution in [2.75, 3.05) is 24.6 Å². The molecular weight excluding hydrogens is 402 g/mol. The first-order valence-corrected chi connectivity index (χ1v) is 11.2. The number of hydrogen-bond acceptors (Lipinski definition) is 3. The van der Waals surface area contributed by atoms with E-state index in [0.717, 1.165) is 47.2 Å². The number of para-hydroxylation sites is 2. The Hall–Kier alpha value is -3.38. The van der Waals surface area contributed by atoms with E-state index in [4.69, 9.17) is 4.74 Å². The van der Waals surface area contributed by atoms with Gasteiger partial charge in [-0.15, -0.1) is 0 Å². The molecule has 1 saturated heterocycles. The van der Waals surface area contributed by atoms with Crippen molar-refractivity contribution in [1.29, 1.82) is 0 Å². The topological polar surface area (TPSA) is 63.6 Å². The summed E-state index contributed by atoms with van der Waals surface area (Å²) in [4.78, 5) is 27.5. The van der Waals surface area contributed by atoms with Gasteiger partial charge in [-0.25, -0.2) is 0 Å². The van der Waals surface area contributed by atoms with Crippen LogP contribution in [0.3, 0.4) is 0 Å². The van der Waals surface area contributed by atoms with E-state index in [1.165, 1.54) is 0 Å². The molecule has 0 spiro atoms. The van der Waals surface area contributed by atoms with Crippen LogP contribution in [0.4, 0.5) is 5.69 Å². The van der Waals surface area contributed by atoms with E-state index in [2.05, 4.69) is 5.32 Å². The second-order valence-corrected chi connectivity index (χ2v) is 8.29. The molecule has 1 fully saturated rings. The van der Waals surface area contributed by atoms with Gasteiger partial charge in [-0.3, -0.25) is 9.59 Å². The molecule has 1 aromatic heterocycles. The van der Waals surface area contributed by atoms with Gasteiger partial charge in [-0.2, -0.15) is 0 Å². The number of nitrogens with zero attached hydrogens (tertiary/aromatic N) is 2. The number of benzene rings is 2. The van der Waals surface area contributed by atoms with Crippen molar-refractivity contribution in [1.82, 2.24) is 9.88 Å². The maximum atomic E-state index is 13.1. The number of carbonyl (C=O) groups is 2. The number of aromatic nitrogens is 1. The molecule has 0 radical (unpaired) electrons. The maximum absolute atomic E-state index is 13.1. The predicted octanol–water partition coefficient (Wildman–Crippen LogP) is 3.84. The molecule has 2 aliphatic heterocycles. The number of fused-ring (bicyclic) bond motifs is 2. The highest BCUT2D eigenvalue weighted by Crippen LogP contribution is 2.38. The van der Waals surface area contributed by atoms with E-state index in [0.29, 0.717) is 18.7 Å². The fourth-order valence-electron chi connectivity index (χ4n) is 4.68. The lowest BCUT2D eigenvalue weighted by Crippen LogP contribution is -2.34. The third kappa shape index (κ3) is 3.71. The van der Waals surface area contributed by atoms with Crippen molar-refractivity contribution in [3.8, 4) is 0 Å². The molecule has 2 amide bonds. The smallest absolute Gasteiger partial charge is 0.258 e. The second kappa shape index (κ2) is 8.63. The van der Waals surface area contributed by atoms with Crippen molar-refractivity contribution in [3.05, 3.63) is 65.9 Å². The van der Waals surface area contributed by atoms with Crippen LogP contribution < -0.4 is 10.2 Å². The average molecular weight is 430 g/mol. The van der Waals surface area contributed by atoms with E-state index in [1.54, 1.807) is 4.90 Å². The lowest BCUT2D eigenvalue weighted by atomic mass is 10.0. The number of anilines is 1. The fourth-order valence-corrected chi connectivity index (χ4v) is 4.68. The number of ether oxygens (including phenoxy) is 1. The Morgan fingerprint density at radius 2 is 2.00 bits per heavy atom. The standard InChI is InChI=1S/C26H27N3O3/c1-2-29-24-12-6-4-10-21(24)22(26(29)31)14-18-16-28(23-11-5-3-9-20(18)23)17-25(30)27-15-19-8-7-13-32-19/h3-6,9-12,14,16,19H,2,7-8,13,15,17H2,1H3,(H,27,30)/b22-14-/t19-/m1/s1. The Bertz CT molecular complexity index is 1200. The van der Waals surface area contributed by atoms with E-state index in [9.17, 15) is 9.59 Å². The van der Waals surface area contributed by atoms with Gasteiger partial charge in [0.15, 0.2) is 0 Å². The predicted molar refractivity (Wildman–Crippen MR) is 126 cm³/mol. The van der Waals surface area contributed by atoms with Crippen molar-refractivity contribution in [2.45, 2.75) is 32.4 Å². The van der Waals surface area contributed by atoms with Gasteiger partial charge in [0.05, 0.1) is 11.8 Å². The Balaban J connectivity index is 1.45. The van der Waals surface area contributed by atoms with Crippen molar-refractivity contribution in [3.63, 3.8) is 0 Å². The van der Waals surface area contributed by atoms with Crippen LogP contribution in [-0.4, -0.2) is 42.2 Å². The molecule has 2 aromatic carbocycles. The zero-order chi connectivity index (χ0) is 22.1. The van der Waals surface area contributed by atoms with Crippen LogP contribution >= 0.6 is 0 Å². The summed E-state index contributed by atoms with van der Waals surface area (Å²) in [6, 6.07) is 15.9. The van der Waals surface area contributed by atoms with Crippen LogP contribution in [-0.2, 0) is 20.9 Å². The third-order valence-electron chi connectivity index (χ3n) is 6.26. The van der Waals surface area contributed by atoms with Gasteiger partial charge in [-0.1, -0.05) is 36.4 Å². The zero-order valence-corrected chi connectivity index (χ0v) is 18.2. The number of nitrogens with one attached hydrogen (secondary N) is 1. The van der Waals surface area contributed by atoms with Crippen LogP contribution in [0.25, 0.3) is 22.6 Å². The molecular formula is C26H27N3O3. The van der Waals surface area contributed by atoms with Crippen LogP contribution in [0.1, 0.15) is 30.9 Å². The number of rotatable bonds is 6. The Morgan fingerprint density at radius 1 is 1.19 bits per heavy atom. The first-order chi connectivity index (χ1) is 15.7. The number of hydrogen-bond donors (Lipinski definition) is 1. The SMILES string of the molecule is CCN1C(=O)/C(=C\c2cn(CC(=O)NC[C@H]3CCCO3)c3ccccc23)c2ccccc21. The Kier molecular flexibility index (Phi) is 5.53. The summed E-state index contributed by atoms with van der Waals surface area (Å²) in [5, 5.41) is 4.01. The van der Waals surface area contributed by atoms with Crippen molar-refractivity contribution in [2.24, 2.45) is 0 Å². The van der Waals surface area contributed by atoms with E-state index >= 15 is 0 Å². The zero-order valence-electron chi connectivity index (χ0n) is 18.2. The summed E-state index contributed by atoms with van der Waals surface area (Å²) in [7, 11) is 0. The minimum Gasteiger partial charge on any atom is -0.376 e. The van der Waals surface area contributed by atoms with E-state index in [1.807, 2.05) is 72.3 Å². The van der Waals surface area contributed by atoms with Crippen LogP contribution in [0.15, 0.2) is 54.7 Å². The minimum absolute atomic E-state index is 0.0137. The Labute approximate surface area is 187 Å². The Morgan fingerprint density at radius 3 is 2.81 bits per heavy atom. The normalized spacial score (nSPS) is 19.2. The van der Waals surface area contributed by atoms with Crippen LogP contribution in [0, 0.1) is 0 Å². The molecule has 5 rings (SSSR count). The molecule has 2 aliphatic rings. The molecule has 0 unspecified atom stereocenters. The molecule has 164 valence electrons. The first kappa shape index (κ1) is 20.5. The van der Waals surface area contributed by atoms with Gasteiger partial charge in [0, 0.05) is 53.5 Å². The molecule has 32 heavy (non-hydrogen) atoms. The largest absolute Gasteiger partial charge is 0.376 e. The first-order valence-electron chi connectivity index (χ1n) is 11.2. The summed E-state index contributed by atoms with van der Waals surface area (Å²) < 4.78 is 7.55. The third-order valence-corrected chi connectivity index (χ3v) is 6.26. The minimum atomic E-state index is -0.0418. The van der Waals surface area contributed by atoms with Gasteiger partial charge in [0.25, 0.3) is 5.91 Å². The highest BCUT2D eigenvalue weighted by molar-refractivity contribution is 6.36. The number of likely N-dealkylation sites (N-methyl/N-ethyl adjacent to an activating group) is 1. The summed E-state index contributed by atoms with van der Waals surface area (Å²) in [5.74, 6) is -0.0280. The number of carbonyl (C=O) groups excluding carboxylic acids is 2. The summed E-state index contributed by atoms with van der Waals surface area (Å²) in [5.41, 5.74) is 4.49. The monoisotopic (exact) mass is 429 g/mol. The molecule has 3 aromatic rings. The summed E-state index contributed by atoms with van der Waals surface area (Å²) in [6.07, 6.45) is 6.09. The molecule has 6 nitrogen and oxygen atoms in total. The summed E-state index contributed by atoms with van der Waals surface area (Å²) >= 11 is 0. The molecule has 1 N–H and O–H groups in total. The molecule has 1 atom stereocenters. The van der Waals surface area contributed by atoms with Gasteiger partial charge in [0.2, 0.25) is 5.91 Å². The molecule has 6 heteroatoms. The fraction of sp³-hybridized carbons (Fsp3) is 0.308. The second-order valence-electron chi connectivity index (χ2n) is 8.29. The van der Waals surface area contributed by atoms with Gasteiger partial charge in [-0.05, 0) is 38.0 Å². The molecule has 3 heterocycles. The van der Waals surface area contributed by atoms with Gasteiger partial charge < -0.3 is 19.5 Å². The quantitative estimate of drug-likeness (QED) is 0.606. The lowest BCUT2D eigenvalue weighted by Gasteiger charge is -2.13. The average Bonchev–Trinajstić information content (AvgIpc) is 3.51. The highest BCUT2D eigenvalue weighted by atomic mass is 16.5. The molecule has 0 bridgehead atoms. The van der Waals surface area contributed by atoms with Crippen molar-refractivity contribution >= 4 is 40.1 Å². The van der Waals surface area contributed by atoms with Crippen molar-refractivity contribution < 1.29 is 14.3 Å². The molecule has 0 saturated carbocycles.